The van der Waals surface area contributed by atoms with Crippen LogP contribution in [0.15, 0.2) is 53.4 Å². The molecule has 1 saturated heterocycles. The predicted molar refractivity (Wildman–Crippen MR) is 112 cm³/mol. The molecule has 3 rings (SSSR count). The van der Waals surface area contributed by atoms with Crippen molar-refractivity contribution in [1.82, 2.24) is 9.62 Å². The first-order valence-electron chi connectivity index (χ1n) is 9.49. The van der Waals surface area contributed by atoms with E-state index in [1.165, 1.54) is 4.31 Å². The Morgan fingerprint density at radius 2 is 1.82 bits per heavy atom. The summed E-state index contributed by atoms with van der Waals surface area (Å²) in [7, 11) is 1.40. The number of sulfonamides is 1. The van der Waals surface area contributed by atoms with Gasteiger partial charge in [0.25, 0.3) is 0 Å². The highest BCUT2D eigenvalue weighted by Gasteiger charge is 2.25. The molecule has 28 heavy (non-hydrogen) atoms. The van der Waals surface area contributed by atoms with E-state index >= 15 is 0 Å². The lowest BCUT2D eigenvalue weighted by Gasteiger charge is -2.23. The second-order valence-electron chi connectivity index (χ2n) is 7.34. The van der Waals surface area contributed by atoms with Gasteiger partial charge in [0.15, 0.2) is 0 Å². The highest BCUT2D eigenvalue weighted by molar-refractivity contribution is 7.89. The fourth-order valence-electron chi connectivity index (χ4n) is 3.64. The van der Waals surface area contributed by atoms with Gasteiger partial charge < -0.3 is 15.0 Å². The van der Waals surface area contributed by atoms with Crippen LogP contribution in [0, 0.1) is 0 Å². The summed E-state index contributed by atoms with van der Waals surface area (Å²) in [5.74, 6) is 0.898. The van der Waals surface area contributed by atoms with Crippen molar-refractivity contribution >= 4 is 15.7 Å². The van der Waals surface area contributed by atoms with Crippen molar-refractivity contribution in [3.63, 3.8) is 0 Å². The van der Waals surface area contributed by atoms with Crippen LogP contribution in [0.1, 0.15) is 24.9 Å². The zero-order valence-electron chi connectivity index (χ0n) is 16.9. The molecule has 2 aromatic rings. The topological polar surface area (TPSA) is 61.9 Å². The van der Waals surface area contributed by atoms with Gasteiger partial charge in [-0.25, -0.2) is 12.7 Å². The Kier molecular flexibility index (Phi) is 6.27. The first kappa shape index (κ1) is 20.6. The minimum absolute atomic E-state index is 0.189. The van der Waals surface area contributed by atoms with E-state index in [-0.39, 0.29) is 6.04 Å². The van der Waals surface area contributed by atoms with Gasteiger partial charge in [-0.15, -0.1) is 0 Å². The van der Waals surface area contributed by atoms with Crippen LogP contribution in [0.4, 0.5) is 5.69 Å². The van der Waals surface area contributed by atoms with Crippen LogP contribution in [0.2, 0.25) is 0 Å². The van der Waals surface area contributed by atoms with E-state index in [1.807, 2.05) is 30.3 Å². The number of anilines is 1. The van der Waals surface area contributed by atoms with Crippen LogP contribution < -0.4 is 15.0 Å². The minimum Gasteiger partial charge on any atom is -0.496 e. The Hall–Kier alpha value is -2.09. The summed E-state index contributed by atoms with van der Waals surface area (Å²) in [4.78, 5) is 2.61. The number of methoxy groups -OCH3 is 1. The lowest BCUT2D eigenvalue weighted by Crippen LogP contribution is -2.34. The molecule has 6 nitrogen and oxygen atoms in total. The average Bonchev–Trinajstić information content (AvgIpc) is 3.16. The first-order chi connectivity index (χ1) is 13.3. The third-order valence-corrected chi connectivity index (χ3v) is 7.09. The van der Waals surface area contributed by atoms with Crippen molar-refractivity contribution in [2.24, 2.45) is 0 Å². The van der Waals surface area contributed by atoms with Gasteiger partial charge in [-0.3, -0.25) is 0 Å². The van der Waals surface area contributed by atoms with Crippen molar-refractivity contribution in [3.8, 4) is 5.75 Å². The largest absolute Gasteiger partial charge is 0.496 e. The van der Waals surface area contributed by atoms with E-state index in [0.717, 1.165) is 36.5 Å². The molecule has 1 aliphatic rings. The molecule has 0 spiro atoms. The third kappa shape index (κ3) is 4.32. The summed E-state index contributed by atoms with van der Waals surface area (Å²) in [6.07, 6.45) is 1.04. The minimum atomic E-state index is -3.39. The fourth-order valence-corrected chi connectivity index (χ4v) is 4.54. The molecule has 0 amide bonds. The molecule has 1 aliphatic heterocycles. The Labute approximate surface area is 168 Å². The maximum Gasteiger partial charge on any atom is 0.242 e. The van der Waals surface area contributed by atoms with Crippen LogP contribution in [0.3, 0.4) is 0 Å². The SMILES string of the molecule is COc1ccccc1C(C)N[C@H]1CCN(c2ccc(S(=O)(=O)N(C)C)cc2)C1. The van der Waals surface area contributed by atoms with E-state index in [1.54, 1.807) is 33.3 Å². The number of hydrogen-bond acceptors (Lipinski definition) is 5. The molecule has 152 valence electrons. The monoisotopic (exact) mass is 403 g/mol. The van der Waals surface area contributed by atoms with Gasteiger partial charge in [0.2, 0.25) is 10.0 Å². The first-order valence-corrected chi connectivity index (χ1v) is 10.9. The van der Waals surface area contributed by atoms with Gasteiger partial charge in [-0.2, -0.15) is 0 Å². The molecule has 0 radical (unpaired) electrons. The van der Waals surface area contributed by atoms with Gasteiger partial charge in [-0.1, -0.05) is 18.2 Å². The highest BCUT2D eigenvalue weighted by atomic mass is 32.2. The van der Waals surface area contributed by atoms with Crippen molar-refractivity contribution in [2.45, 2.75) is 30.3 Å². The number of para-hydroxylation sites is 1. The number of rotatable bonds is 7. The summed E-state index contributed by atoms with van der Waals surface area (Å²) in [6, 6.07) is 15.8. The second kappa shape index (κ2) is 8.51. The van der Waals surface area contributed by atoms with Crippen LogP contribution in [-0.2, 0) is 10.0 Å². The van der Waals surface area contributed by atoms with Crippen molar-refractivity contribution < 1.29 is 13.2 Å². The van der Waals surface area contributed by atoms with Gasteiger partial charge in [0, 0.05) is 50.5 Å². The molecule has 1 fully saturated rings. The number of ether oxygens (including phenoxy) is 1. The molecule has 2 atom stereocenters. The van der Waals surface area contributed by atoms with Crippen LogP contribution >= 0.6 is 0 Å². The van der Waals surface area contributed by atoms with E-state index in [9.17, 15) is 8.42 Å². The predicted octanol–water partition coefficient (Wildman–Crippen LogP) is 2.88. The molecule has 0 bridgehead atoms. The quantitative estimate of drug-likeness (QED) is 0.770. The maximum absolute atomic E-state index is 12.2. The van der Waals surface area contributed by atoms with Crippen molar-refractivity contribution in [1.29, 1.82) is 0 Å². The smallest absolute Gasteiger partial charge is 0.242 e. The molecular weight excluding hydrogens is 374 g/mol. The zero-order chi connectivity index (χ0) is 20.3. The summed E-state index contributed by atoms with van der Waals surface area (Å²) in [6.45, 7) is 3.98. The van der Waals surface area contributed by atoms with Gasteiger partial charge >= 0.3 is 0 Å². The number of benzene rings is 2. The molecule has 1 unspecified atom stereocenters. The standard InChI is InChI=1S/C21H29N3O3S/c1-16(20-7-5-6-8-21(20)27-4)22-17-13-14-24(15-17)18-9-11-19(12-10-18)28(25,26)23(2)3/h5-12,16-17,22H,13-15H2,1-4H3/t16?,17-/m0/s1. The fraction of sp³-hybridized carbons (Fsp3) is 0.429. The second-order valence-corrected chi connectivity index (χ2v) is 9.50. The normalized spacial score (nSPS) is 18.5. The van der Waals surface area contributed by atoms with Gasteiger partial charge in [0.05, 0.1) is 12.0 Å². The molecule has 1 heterocycles. The Morgan fingerprint density at radius 1 is 1.14 bits per heavy atom. The van der Waals surface area contributed by atoms with Crippen LogP contribution in [0.5, 0.6) is 5.75 Å². The highest BCUT2D eigenvalue weighted by Crippen LogP contribution is 2.27. The van der Waals surface area contributed by atoms with Crippen molar-refractivity contribution in [3.05, 3.63) is 54.1 Å². The summed E-state index contributed by atoms with van der Waals surface area (Å²) in [5, 5.41) is 3.70. The van der Waals surface area contributed by atoms with E-state index < -0.39 is 10.0 Å². The van der Waals surface area contributed by atoms with E-state index in [4.69, 9.17) is 4.74 Å². The Balaban J connectivity index is 1.64. The number of hydrogen-bond donors (Lipinski definition) is 1. The van der Waals surface area contributed by atoms with Gasteiger partial charge in [-0.05, 0) is 43.7 Å². The third-order valence-electron chi connectivity index (χ3n) is 5.26. The summed E-state index contributed by atoms with van der Waals surface area (Å²) >= 11 is 0. The van der Waals surface area contributed by atoms with E-state index in [2.05, 4.69) is 23.2 Å². The number of nitrogens with one attached hydrogen (secondary N) is 1. The summed E-state index contributed by atoms with van der Waals surface area (Å²) < 4.78 is 31.1. The van der Waals surface area contributed by atoms with Crippen LogP contribution in [-0.4, -0.2) is 53.1 Å². The molecule has 1 N–H and O–H groups in total. The molecule has 0 saturated carbocycles. The van der Waals surface area contributed by atoms with Crippen LogP contribution in [0.25, 0.3) is 0 Å². The Bertz CT molecular complexity index is 897. The lowest BCUT2D eigenvalue weighted by molar-refractivity contribution is 0.395. The number of nitrogens with zero attached hydrogens (tertiary/aromatic N) is 2. The zero-order valence-corrected chi connectivity index (χ0v) is 17.7. The lowest BCUT2D eigenvalue weighted by atomic mass is 10.1. The molecule has 0 aromatic heterocycles. The molecule has 0 aliphatic carbocycles. The average molecular weight is 404 g/mol. The van der Waals surface area contributed by atoms with E-state index in [0.29, 0.717) is 10.9 Å². The molecule has 7 heteroatoms. The van der Waals surface area contributed by atoms with Gasteiger partial charge in [0.1, 0.15) is 5.75 Å². The maximum atomic E-state index is 12.2. The summed E-state index contributed by atoms with van der Waals surface area (Å²) in [5.41, 5.74) is 2.20. The van der Waals surface area contributed by atoms with Crippen molar-refractivity contribution in [2.75, 3.05) is 39.2 Å². The Morgan fingerprint density at radius 3 is 2.46 bits per heavy atom. The molecular formula is C21H29N3O3S. The molecule has 2 aromatic carbocycles.